The second-order valence-corrected chi connectivity index (χ2v) is 6.33. The zero-order valence-corrected chi connectivity index (χ0v) is 14.7. The molecule has 130 valence electrons. The highest BCUT2D eigenvalue weighted by molar-refractivity contribution is 6.30. The molecule has 4 aromatic rings. The van der Waals surface area contributed by atoms with Gasteiger partial charge in [0.1, 0.15) is 5.52 Å². The van der Waals surface area contributed by atoms with E-state index < -0.39 is 0 Å². The van der Waals surface area contributed by atoms with Crippen LogP contribution in [0.15, 0.2) is 65.2 Å². The third-order valence-corrected chi connectivity index (χ3v) is 4.36. The van der Waals surface area contributed by atoms with Crippen LogP contribution < -0.4 is 11.1 Å². The fraction of sp³-hybridized carbons (Fsp3) is 0.100. The number of pyridine rings is 1. The van der Waals surface area contributed by atoms with Gasteiger partial charge in [-0.1, -0.05) is 29.8 Å². The number of aromatic nitrogens is 2. The number of nitrogens with one attached hydrogen (secondary N) is 1. The maximum Gasteiger partial charge on any atom is 0.293 e. The molecule has 2 aromatic carbocycles. The molecule has 0 amide bonds. The van der Waals surface area contributed by atoms with Crippen LogP contribution in [-0.4, -0.2) is 16.5 Å². The predicted octanol–water partition coefficient (Wildman–Crippen LogP) is 4.78. The van der Waals surface area contributed by atoms with Crippen molar-refractivity contribution in [3.05, 3.63) is 71.5 Å². The second kappa shape index (κ2) is 7.06. The van der Waals surface area contributed by atoms with Gasteiger partial charge in [-0.05, 0) is 42.0 Å². The Bertz CT molecular complexity index is 1050. The maximum atomic E-state index is 6.17. The predicted molar refractivity (Wildman–Crippen MR) is 105 cm³/mol. The van der Waals surface area contributed by atoms with Gasteiger partial charge in [0.05, 0.1) is 5.69 Å². The molecule has 0 aliphatic heterocycles. The summed E-state index contributed by atoms with van der Waals surface area (Å²) in [6.07, 6.45) is 2.59. The number of oxazole rings is 1. The molecule has 6 heteroatoms. The van der Waals surface area contributed by atoms with Gasteiger partial charge in [0.2, 0.25) is 0 Å². The fourth-order valence-electron chi connectivity index (χ4n) is 2.95. The average Bonchev–Trinajstić information content (AvgIpc) is 3.03. The van der Waals surface area contributed by atoms with Gasteiger partial charge in [0, 0.05) is 35.4 Å². The number of rotatable bonds is 5. The molecule has 0 saturated heterocycles. The average molecular weight is 365 g/mol. The van der Waals surface area contributed by atoms with Crippen molar-refractivity contribution in [2.45, 2.75) is 6.42 Å². The van der Waals surface area contributed by atoms with Crippen LogP contribution in [0.25, 0.3) is 22.2 Å². The highest BCUT2D eigenvalue weighted by atomic mass is 35.5. The van der Waals surface area contributed by atoms with Crippen LogP contribution >= 0.6 is 11.6 Å². The van der Waals surface area contributed by atoms with E-state index in [2.05, 4.69) is 15.3 Å². The van der Waals surface area contributed by atoms with Gasteiger partial charge in [0.15, 0.2) is 5.58 Å². The van der Waals surface area contributed by atoms with Gasteiger partial charge in [0.25, 0.3) is 6.01 Å². The Balaban J connectivity index is 1.71. The number of fused-ring (bicyclic) bond motifs is 1. The molecule has 4 rings (SSSR count). The summed E-state index contributed by atoms with van der Waals surface area (Å²) in [5, 5.41) is 4.16. The minimum absolute atomic E-state index is 0.149. The maximum absolute atomic E-state index is 6.17. The van der Waals surface area contributed by atoms with E-state index in [-0.39, 0.29) is 6.01 Å². The lowest BCUT2D eigenvalue weighted by Gasteiger charge is -2.13. The number of hydrogen-bond donors (Lipinski definition) is 2. The number of nitrogen functional groups attached to an aromatic ring is 1. The zero-order chi connectivity index (χ0) is 17.9. The van der Waals surface area contributed by atoms with Crippen LogP contribution in [0.5, 0.6) is 0 Å². The summed E-state index contributed by atoms with van der Waals surface area (Å²) in [7, 11) is 0. The number of nitrogens with two attached hydrogens (primary N) is 1. The Morgan fingerprint density at radius 1 is 1.08 bits per heavy atom. The molecule has 3 N–H and O–H groups in total. The standard InChI is InChI=1S/C20H17ClN4O/c21-14-5-3-4-13(12-14)16-7-8-17-19(25-20(22)26-17)18(16)24-11-9-15-6-1-2-10-23-15/h1-8,10,12,24H,9,11H2,(H2,22,25). The van der Waals surface area contributed by atoms with Crippen LogP contribution in [0.2, 0.25) is 5.02 Å². The Hall–Kier alpha value is -3.05. The monoisotopic (exact) mass is 364 g/mol. The lowest BCUT2D eigenvalue weighted by Crippen LogP contribution is -2.07. The molecule has 0 aliphatic carbocycles. The SMILES string of the molecule is Nc1nc2c(NCCc3ccccn3)c(-c3cccc(Cl)c3)ccc2o1. The molecule has 0 atom stereocenters. The van der Waals surface area contributed by atoms with E-state index in [4.69, 9.17) is 21.8 Å². The van der Waals surface area contributed by atoms with Crippen molar-refractivity contribution in [1.82, 2.24) is 9.97 Å². The number of benzene rings is 2. The second-order valence-electron chi connectivity index (χ2n) is 5.90. The molecule has 0 bridgehead atoms. The largest absolute Gasteiger partial charge is 0.424 e. The van der Waals surface area contributed by atoms with E-state index in [1.54, 1.807) is 6.20 Å². The van der Waals surface area contributed by atoms with Crippen molar-refractivity contribution in [1.29, 1.82) is 0 Å². The molecular weight excluding hydrogens is 348 g/mol. The van der Waals surface area contributed by atoms with E-state index in [1.165, 1.54) is 0 Å². The molecule has 0 saturated carbocycles. The lowest BCUT2D eigenvalue weighted by atomic mass is 10.0. The topological polar surface area (TPSA) is 77.0 Å². The van der Waals surface area contributed by atoms with Crippen LogP contribution in [0, 0.1) is 0 Å². The molecule has 0 aliphatic rings. The quantitative estimate of drug-likeness (QED) is 0.533. The van der Waals surface area contributed by atoms with Crippen molar-refractivity contribution in [3.63, 3.8) is 0 Å². The lowest BCUT2D eigenvalue weighted by molar-refractivity contribution is 0.626. The van der Waals surface area contributed by atoms with Crippen molar-refractivity contribution in [3.8, 4) is 11.1 Å². The highest BCUT2D eigenvalue weighted by Crippen LogP contribution is 2.36. The first-order valence-electron chi connectivity index (χ1n) is 8.29. The molecule has 26 heavy (non-hydrogen) atoms. The summed E-state index contributed by atoms with van der Waals surface area (Å²) >= 11 is 6.17. The number of halogens is 1. The van der Waals surface area contributed by atoms with Gasteiger partial charge in [-0.2, -0.15) is 4.98 Å². The first-order chi connectivity index (χ1) is 12.7. The Kier molecular flexibility index (Phi) is 4.46. The summed E-state index contributed by atoms with van der Waals surface area (Å²) in [4.78, 5) is 8.70. The first-order valence-corrected chi connectivity index (χ1v) is 8.67. The van der Waals surface area contributed by atoms with E-state index in [0.29, 0.717) is 22.7 Å². The van der Waals surface area contributed by atoms with Gasteiger partial charge >= 0.3 is 0 Å². The van der Waals surface area contributed by atoms with Gasteiger partial charge in [-0.3, -0.25) is 4.98 Å². The number of nitrogens with zero attached hydrogens (tertiary/aromatic N) is 2. The summed E-state index contributed by atoms with van der Waals surface area (Å²) in [5.74, 6) is 0. The van der Waals surface area contributed by atoms with Crippen molar-refractivity contribution < 1.29 is 4.42 Å². The molecule has 2 heterocycles. The molecule has 0 radical (unpaired) electrons. The van der Waals surface area contributed by atoms with E-state index in [9.17, 15) is 0 Å². The van der Waals surface area contributed by atoms with Crippen LogP contribution in [0.1, 0.15) is 5.69 Å². The summed E-state index contributed by atoms with van der Waals surface area (Å²) < 4.78 is 5.48. The number of hydrogen-bond acceptors (Lipinski definition) is 5. The fourth-order valence-corrected chi connectivity index (χ4v) is 3.14. The third kappa shape index (κ3) is 3.34. The summed E-state index contributed by atoms with van der Waals surface area (Å²) in [6.45, 7) is 0.705. The van der Waals surface area contributed by atoms with E-state index >= 15 is 0 Å². The van der Waals surface area contributed by atoms with Crippen molar-refractivity contribution in [2.24, 2.45) is 0 Å². The molecule has 0 unspecified atom stereocenters. The summed E-state index contributed by atoms with van der Waals surface area (Å²) in [6, 6.07) is 17.6. The Morgan fingerprint density at radius 3 is 2.81 bits per heavy atom. The Labute approximate surface area is 155 Å². The smallest absolute Gasteiger partial charge is 0.293 e. The number of anilines is 2. The molecule has 5 nitrogen and oxygen atoms in total. The molecule has 0 fully saturated rings. The molecular formula is C20H17ClN4O. The first kappa shape index (κ1) is 16.4. The molecule has 0 spiro atoms. The van der Waals surface area contributed by atoms with E-state index in [1.807, 2.05) is 54.6 Å². The van der Waals surface area contributed by atoms with Crippen LogP contribution in [0.4, 0.5) is 11.7 Å². The van der Waals surface area contributed by atoms with Crippen LogP contribution in [0.3, 0.4) is 0 Å². The minimum atomic E-state index is 0.149. The van der Waals surface area contributed by atoms with Crippen molar-refractivity contribution >= 4 is 34.4 Å². The van der Waals surface area contributed by atoms with Gasteiger partial charge in [-0.25, -0.2) is 0 Å². The zero-order valence-electron chi connectivity index (χ0n) is 13.9. The van der Waals surface area contributed by atoms with Crippen molar-refractivity contribution in [2.75, 3.05) is 17.6 Å². The third-order valence-electron chi connectivity index (χ3n) is 4.12. The van der Waals surface area contributed by atoms with Gasteiger partial charge < -0.3 is 15.5 Å². The Morgan fingerprint density at radius 2 is 2.00 bits per heavy atom. The molecule has 2 aromatic heterocycles. The minimum Gasteiger partial charge on any atom is -0.424 e. The summed E-state index contributed by atoms with van der Waals surface area (Å²) in [5.41, 5.74) is 11.0. The van der Waals surface area contributed by atoms with E-state index in [0.717, 1.165) is 28.9 Å². The van der Waals surface area contributed by atoms with Gasteiger partial charge in [-0.15, -0.1) is 0 Å². The highest BCUT2D eigenvalue weighted by Gasteiger charge is 2.14. The van der Waals surface area contributed by atoms with Crippen LogP contribution in [-0.2, 0) is 6.42 Å². The normalized spacial score (nSPS) is 11.0.